The Morgan fingerprint density at radius 3 is 2.38 bits per heavy atom. The van der Waals surface area contributed by atoms with Crippen molar-refractivity contribution in [1.82, 2.24) is 29.3 Å². The molecule has 0 atom stereocenters. The topological polar surface area (TPSA) is 62.1 Å². The minimum absolute atomic E-state index is 0.242. The highest BCUT2D eigenvalue weighted by Gasteiger charge is 2.20. The van der Waals surface area contributed by atoms with Crippen LogP contribution in [-0.2, 0) is 13.1 Å². The van der Waals surface area contributed by atoms with Crippen molar-refractivity contribution < 1.29 is 8.78 Å². The molecule has 39 heavy (non-hydrogen) atoms. The Balaban J connectivity index is 1.35. The van der Waals surface area contributed by atoms with Gasteiger partial charge >= 0.3 is 0 Å². The van der Waals surface area contributed by atoms with Gasteiger partial charge in [-0.05, 0) is 56.3 Å². The molecule has 0 bridgehead atoms. The van der Waals surface area contributed by atoms with E-state index in [0.717, 1.165) is 64.1 Å². The van der Waals surface area contributed by atoms with Crippen molar-refractivity contribution in [1.29, 1.82) is 0 Å². The molecule has 0 amide bonds. The van der Waals surface area contributed by atoms with Crippen LogP contribution in [0.4, 0.5) is 14.7 Å². The van der Waals surface area contributed by atoms with Crippen molar-refractivity contribution in [2.45, 2.75) is 32.4 Å². The fourth-order valence-corrected chi connectivity index (χ4v) is 5.37. The normalized spacial score (nSPS) is 14.8. The summed E-state index contributed by atoms with van der Waals surface area (Å²) in [5.74, 6) is -0.765. The van der Waals surface area contributed by atoms with Gasteiger partial charge < -0.3 is 19.7 Å². The summed E-state index contributed by atoms with van der Waals surface area (Å²) in [7, 11) is 2.17. The average molecular weight is 575 g/mol. The van der Waals surface area contributed by atoms with Crippen LogP contribution in [0.3, 0.4) is 0 Å². The van der Waals surface area contributed by atoms with Gasteiger partial charge in [-0.15, -0.1) is 0 Å². The number of piperazine rings is 1. The van der Waals surface area contributed by atoms with Gasteiger partial charge in [-0.25, -0.2) is 18.7 Å². The van der Waals surface area contributed by atoms with E-state index in [1.165, 1.54) is 6.07 Å². The van der Waals surface area contributed by atoms with Gasteiger partial charge in [0.05, 0.1) is 21.8 Å². The molecule has 1 aliphatic heterocycles. The van der Waals surface area contributed by atoms with Gasteiger partial charge in [-0.1, -0.05) is 41.8 Å². The minimum Gasteiger partial charge on any atom is -0.350 e. The van der Waals surface area contributed by atoms with Crippen LogP contribution in [0.5, 0.6) is 0 Å². The molecule has 0 aliphatic carbocycles. The number of rotatable bonds is 10. The smallest absolute Gasteiger partial charge is 0.225 e. The van der Waals surface area contributed by atoms with Crippen LogP contribution in [0.1, 0.15) is 24.8 Å². The monoisotopic (exact) mass is 573 g/mol. The van der Waals surface area contributed by atoms with Crippen molar-refractivity contribution in [2.24, 2.45) is 0 Å². The van der Waals surface area contributed by atoms with Crippen LogP contribution in [0.15, 0.2) is 42.6 Å². The maximum Gasteiger partial charge on any atom is 0.225 e. The number of likely N-dealkylation sites (N-methyl/N-ethyl adjacent to an activating group) is 1. The third-order valence-electron chi connectivity index (χ3n) is 7.06. The Labute approximate surface area is 236 Å². The quantitative estimate of drug-likeness (QED) is 0.231. The summed E-state index contributed by atoms with van der Waals surface area (Å²) in [6.07, 6.45) is 4.77. The second kappa shape index (κ2) is 12.6. The van der Waals surface area contributed by atoms with Gasteiger partial charge in [0.2, 0.25) is 5.95 Å². The Kier molecular flexibility index (Phi) is 8.92. The van der Waals surface area contributed by atoms with E-state index in [0.29, 0.717) is 50.7 Å². The molecular formula is C28H31Cl2F2N7. The zero-order chi connectivity index (χ0) is 27.4. The lowest BCUT2D eigenvalue weighted by Gasteiger charge is -2.32. The number of aryl methyl sites for hydroxylation is 1. The first-order valence-electron chi connectivity index (χ1n) is 13.2. The van der Waals surface area contributed by atoms with Gasteiger partial charge in [0.15, 0.2) is 17.3 Å². The van der Waals surface area contributed by atoms with E-state index >= 15 is 0 Å². The summed E-state index contributed by atoms with van der Waals surface area (Å²) in [5, 5.41) is 4.13. The first kappa shape index (κ1) is 27.7. The van der Waals surface area contributed by atoms with Gasteiger partial charge in [0, 0.05) is 39.3 Å². The number of hydrogen-bond acceptors (Lipinski definition) is 6. The molecular weight excluding hydrogens is 543 g/mol. The molecule has 0 saturated carbocycles. The van der Waals surface area contributed by atoms with Crippen LogP contribution in [-0.4, -0.2) is 69.1 Å². The number of fused-ring (bicyclic) bond motifs is 1. The molecule has 1 saturated heterocycles. The van der Waals surface area contributed by atoms with Crippen LogP contribution in [0, 0.1) is 11.6 Å². The van der Waals surface area contributed by atoms with E-state index in [1.807, 2.05) is 4.57 Å². The maximum atomic E-state index is 13.6. The van der Waals surface area contributed by atoms with E-state index in [2.05, 4.69) is 27.1 Å². The molecule has 7 nitrogen and oxygen atoms in total. The molecule has 3 heterocycles. The molecule has 5 rings (SSSR count). The first-order valence-corrected chi connectivity index (χ1v) is 13.9. The van der Waals surface area contributed by atoms with Gasteiger partial charge in [-0.3, -0.25) is 0 Å². The average Bonchev–Trinajstić information content (AvgIpc) is 3.27. The second-order valence-electron chi connectivity index (χ2n) is 9.89. The minimum atomic E-state index is -0.891. The highest BCUT2D eigenvalue weighted by molar-refractivity contribution is 6.39. The number of aromatic nitrogens is 4. The maximum absolute atomic E-state index is 13.6. The van der Waals surface area contributed by atoms with Gasteiger partial charge in [0.1, 0.15) is 11.3 Å². The number of nitrogens with one attached hydrogen (secondary N) is 1. The summed E-state index contributed by atoms with van der Waals surface area (Å²) in [4.78, 5) is 18.8. The van der Waals surface area contributed by atoms with Crippen molar-refractivity contribution in [3.8, 4) is 11.4 Å². The highest BCUT2D eigenvalue weighted by atomic mass is 35.5. The Morgan fingerprint density at radius 1 is 0.897 bits per heavy atom. The van der Waals surface area contributed by atoms with Crippen molar-refractivity contribution in [3.05, 3.63) is 69.8 Å². The highest BCUT2D eigenvalue weighted by Crippen LogP contribution is 2.35. The first-order chi connectivity index (χ1) is 18.9. The van der Waals surface area contributed by atoms with Crippen molar-refractivity contribution in [3.63, 3.8) is 0 Å². The summed E-state index contributed by atoms with van der Waals surface area (Å²) < 4.78 is 28.9. The third-order valence-corrected chi connectivity index (χ3v) is 7.69. The number of imidazole rings is 1. The van der Waals surface area contributed by atoms with Gasteiger partial charge in [0.25, 0.3) is 0 Å². The van der Waals surface area contributed by atoms with Crippen LogP contribution in [0.2, 0.25) is 10.0 Å². The predicted molar refractivity (Wildman–Crippen MR) is 152 cm³/mol. The number of unbranched alkanes of at least 4 members (excludes halogenated alkanes) is 2. The molecule has 206 valence electrons. The predicted octanol–water partition coefficient (Wildman–Crippen LogP) is 6.11. The summed E-state index contributed by atoms with van der Waals surface area (Å²) in [6.45, 7) is 6.51. The Morgan fingerprint density at radius 2 is 1.64 bits per heavy atom. The molecule has 11 heteroatoms. The van der Waals surface area contributed by atoms with E-state index in [4.69, 9.17) is 33.2 Å². The van der Waals surface area contributed by atoms with E-state index < -0.39 is 11.6 Å². The lowest BCUT2D eigenvalue weighted by Crippen LogP contribution is -2.44. The third kappa shape index (κ3) is 6.66. The molecule has 0 radical (unpaired) electrons. The SMILES string of the molecule is CN1CCN(CCCCCn2c(-c3c(Cl)cccc3Cl)nc3cnc(NCc4ccc(F)c(F)c4)nc32)CC1. The number of benzene rings is 2. The van der Waals surface area contributed by atoms with Gasteiger partial charge in [-0.2, -0.15) is 4.98 Å². The molecule has 0 spiro atoms. The van der Waals surface area contributed by atoms with Crippen LogP contribution >= 0.6 is 23.2 Å². The Bertz CT molecular complexity index is 1420. The van der Waals surface area contributed by atoms with Crippen molar-refractivity contribution in [2.75, 3.05) is 45.1 Å². The number of halogens is 4. The summed E-state index contributed by atoms with van der Waals surface area (Å²) >= 11 is 13.1. The van der Waals surface area contributed by atoms with Crippen LogP contribution in [0.25, 0.3) is 22.6 Å². The van der Waals surface area contributed by atoms with E-state index in [9.17, 15) is 8.78 Å². The molecule has 0 unspecified atom stereocenters. The fourth-order valence-electron chi connectivity index (χ4n) is 4.80. The second-order valence-corrected chi connectivity index (χ2v) is 10.7. The van der Waals surface area contributed by atoms with E-state index in [1.54, 1.807) is 24.4 Å². The van der Waals surface area contributed by atoms with Crippen LogP contribution < -0.4 is 5.32 Å². The lowest BCUT2D eigenvalue weighted by molar-refractivity contribution is 0.152. The number of nitrogens with zero attached hydrogens (tertiary/aromatic N) is 6. The van der Waals surface area contributed by atoms with Crippen molar-refractivity contribution >= 4 is 40.3 Å². The Hall–Kier alpha value is -2.85. The largest absolute Gasteiger partial charge is 0.350 e. The number of anilines is 1. The lowest BCUT2D eigenvalue weighted by atomic mass is 10.2. The standard InChI is InChI=1S/C28H31Cl2F2N7/c1-37-12-14-38(15-13-37)10-3-2-4-11-39-26-24(35-27(39)25-20(29)6-5-7-21(25)30)18-34-28(36-26)33-17-19-8-9-22(31)23(32)16-19/h5-9,16,18H,2-4,10-15,17H2,1H3,(H,33,34,36). The molecule has 4 aromatic rings. The molecule has 2 aromatic heterocycles. The summed E-state index contributed by atoms with van der Waals surface area (Å²) in [6, 6.07) is 9.18. The molecule has 2 aromatic carbocycles. The molecule has 1 fully saturated rings. The number of hydrogen-bond donors (Lipinski definition) is 1. The zero-order valence-electron chi connectivity index (χ0n) is 21.8. The molecule has 1 aliphatic rings. The fraction of sp³-hybridized carbons (Fsp3) is 0.393. The van der Waals surface area contributed by atoms with E-state index in [-0.39, 0.29) is 6.54 Å². The summed E-state index contributed by atoms with van der Waals surface area (Å²) in [5.41, 5.74) is 2.52. The molecule has 1 N–H and O–H groups in total. The zero-order valence-corrected chi connectivity index (χ0v) is 23.3.